The highest BCUT2D eigenvalue weighted by atomic mass is 35.5. The van der Waals surface area contributed by atoms with Crippen molar-refractivity contribution >= 4 is 39.9 Å². The van der Waals surface area contributed by atoms with E-state index in [1.54, 1.807) is 23.1 Å². The molecule has 3 aromatic rings. The van der Waals surface area contributed by atoms with Crippen LogP contribution in [-0.2, 0) is 4.79 Å². The number of aromatic nitrogens is 2. The minimum absolute atomic E-state index is 0.00136. The maximum Gasteiger partial charge on any atom is 0.260 e. The number of ether oxygens (including phenoxy) is 2. The van der Waals surface area contributed by atoms with Gasteiger partial charge < -0.3 is 24.6 Å². The van der Waals surface area contributed by atoms with E-state index in [1.165, 1.54) is 25.6 Å². The van der Waals surface area contributed by atoms with Gasteiger partial charge in [0.2, 0.25) is 0 Å². The molecule has 1 saturated heterocycles. The Labute approximate surface area is 189 Å². The second-order valence-corrected chi connectivity index (χ2v) is 7.88. The maximum absolute atomic E-state index is 13.5. The molecule has 8 nitrogen and oxygen atoms in total. The van der Waals surface area contributed by atoms with Crippen molar-refractivity contribution < 1.29 is 18.7 Å². The number of hydrogen-bond acceptors (Lipinski definition) is 7. The molecule has 2 aromatic carbocycles. The van der Waals surface area contributed by atoms with Crippen LogP contribution in [-0.4, -0.2) is 72.6 Å². The second kappa shape index (κ2) is 9.54. The number of hydrogen-bond donors (Lipinski definition) is 1. The Morgan fingerprint density at radius 2 is 1.94 bits per heavy atom. The Kier molecular flexibility index (Phi) is 6.57. The van der Waals surface area contributed by atoms with E-state index in [0.29, 0.717) is 47.0 Å². The fraction of sp³-hybridized carbons (Fsp3) is 0.318. The van der Waals surface area contributed by atoms with Gasteiger partial charge in [0.25, 0.3) is 5.91 Å². The van der Waals surface area contributed by atoms with Gasteiger partial charge in [0.15, 0.2) is 18.1 Å². The van der Waals surface area contributed by atoms with Crippen molar-refractivity contribution in [2.75, 3.05) is 52.3 Å². The van der Waals surface area contributed by atoms with E-state index in [9.17, 15) is 9.18 Å². The third-order valence-corrected chi connectivity index (χ3v) is 5.60. The molecule has 4 rings (SSSR count). The highest BCUT2D eigenvalue weighted by Gasteiger charge is 2.20. The van der Waals surface area contributed by atoms with Crippen LogP contribution in [0.2, 0.25) is 5.02 Å². The first kappa shape index (κ1) is 22.0. The zero-order valence-corrected chi connectivity index (χ0v) is 18.5. The van der Waals surface area contributed by atoms with Gasteiger partial charge in [0.1, 0.15) is 18.0 Å². The predicted molar refractivity (Wildman–Crippen MR) is 120 cm³/mol. The Hall–Kier alpha value is -3.17. The molecule has 0 bridgehead atoms. The lowest BCUT2D eigenvalue weighted by molar-refractivity contribution is -0.134. The van der Waals surface area contributed by atoms with E-state index in [0.717, 1.165) is 13.1 Å². The summed E-state index contributed by atoms with van der Waals surface area (Å²) in [5.74, 6) is 0.755. The lowest BCUT2D eigenvalue weighted by Gasteiger charge is -2.32. The summed E-state index contributed by atoms with van der Waals surface area (Å²) in [5.41, 5.74) is 1.19. The van der Waals surface area contributed by atoms with Gasteiger partial charge in [-0.05, 0) is 31.3 Å². The van der Waals surface area contributed by atoms with Crippen LogP contribution < -0.4 is 14.8 Å². The normalized spacial score (nSPS) is 14.4. The number of likely N-dealkylation sites (N-methyl/N-ethyl adjacent to an activating group) is 1. The smallest absolute Gasteiger partial charge is 0.260 e. The summed E-state index contributed by atoms with van der Waals surface area (Å²) in [5, 5.41) is 3.77. The van der Waals surface area contributed by atoms with Crippen molar-refractivity contribution in [3.05, 3.63) is 47.5 Å². The molecule has 0 aliphatic carbocycles. The highest BCUT2D eigenvalue weighted by Crippen LogP contribution is 2.35. The summed E-state index contributed by atoms with van der Waals surface area (Å²) < 4.78 is 24.8. The fourth-order valence-corrected chi connectivity index (χ4v) is 3.61. The Morgan fingerprint density at radius 1 is 1.16 bits per heavy atom. The number of fused-ring (bicyclic) bond motifs is 1. The number of halogens is 2. The van der Waals surface area contributed by atoms with Crippen molar-refractivity contribution in [1.82, 2.24) is 19.8 Å². The number of methoxy groups -OCH3 is 1. The number of nitrogens with zero attached hydrogens (tertiary/aromatic N) is 4. The number of piperazine rings is 1. The van der Waals surface area contributed by atoms with Gasteiger partial charge in [-0.1, -0.05) is 11.6 Å². The molecular weight excluding hydrogens is 437 g/mol. The molecule has 0 spiro atoms. The molecule has 1 amide bonds. The number of rotatable bonds is 6. The number of amides is 1. The summed E-state index contributed by atoms with van der Waals surface area (Å²) in [4.78, 5) is 25.1. The van der Waals surface area contributed by atoms with E-state index in [-0.39, 0.29) is 17.5 Å². The predicted octanol–water partition coefficient (Wildman–Crippen LogP) is 3.33. The fourth-order valence-electron chi connectivity index (χ4n) is 3.43. The third kappa shape index (κ3) is 4.84. The SMILES string of the molecule is COc1cc2ncnc(Nc3ccc(F)c(Cl)c3)c2cc1OCC(=O)N1CCN(C)CC1. The molecule has 0 radical (unpaired) electrons. The van der Waals surface area contributed by atoms with E-state index >= 15 is 0 Å². The molecule has 1 aromatic heterocycles. The van der Waals surface area contributed by atoms with Crippen molar-refractivity contribution in [3.8, 4) is 11.5 Å². The van der Waals surface area contributed by atoms with Gasteiger partial charge in [-0.15, -0.1) is 0 Å². The topological polar surface area (TPSA) is 79.8 Å². The summed E-state index contributed by atoms with van der Waals surface area (Å²) in [7, 11) is 3.56. The van der Waals surface area contributed by atoms with E-state index in [2.05, 4.69) is 20.2 Å². The Balaban J connectivity index is 1.57. The maximum atomic E-state index is 13.5. The zero-order chi connectivity index (χ0) is 22.7. The van der Waals surface area contributed by atoms with Gasteiger partial charge in [-0.25, -0.2) is 14.4 Å². The van der Waals surface area contributed by atoms with Crippen LogP contribution >= 0.6 is 11.6 Å². The number of carbonyl (C=O) groups excluding carboxylic acids is 1. The molecule has 168 valence electrons. The van der Waals surface area contributed by atoms with Crippen LogP contribution in [0.25, 0.3) is 10.9 Å². The first-order valence-corrected chi connectivity index (χ1v) is 10.5. The standard InChI is InChI=1S/C22H23ClFN5O3/c1-28-5-7-29(8-6-28)21(30)12-32-20-10-15-18(11-19(20)31-2)25-13-26-22(15)27-14-3-4-17(24)16(23)9-14/h3-4,9-11,13H,5-8,12H2,1-2H3,(H,25,26,27). The second-order valence-electron chi connectivity index (χ2n) is 7.47. The van der Waals surface area contributed by atoms with Crippen molar-refractivity contribution in [1.29, 1.82) is 0 Å². The van der Waals surface area contributed by atoms with E-state index in [4.69, 9.17) is 21.1 Å². The molecule has 1 aliphatic heterocycles. The molecule has 1 N–H and O–H groups in total. The molecule has 32 heavy (non-hydrogen) atoms. The monoisotopic (exact) mass is 459 g/mol. The minimum atomic E-state index is -0.504. The minimum Gasteiger partial charge on any atom is -0.493 e. The van der Waals surface area contributed by atoms with Crippen molar-refractivity contribution in [3.63, 3.8) is 0 Å². The van der Waals surface area contributed by atoms with Gasteiger partial charge in [0, 0.05) is 43.3 Å². The highest BCUT2D eigenvalue weighted by molar-refractivity contribution is 6.31. The van der Waals surface area contributed by atoms with Crippen LogP contribution in [0.3, 0.4) is 0 Å². The molecule has 2 heterocycles. The van der Waals surface area contributed by atoms with E-state index in [1.807, 2.05) is 7.05 Å². The molecule has 0 unspecified atom stereocenters. The largest absolute Gasteiger partial charge is 0.493 e. The molecule has 1 aliphatic rings. The lowest BCUT2D eigenvalue weighted by Crippen LogP contribution is -2.48. The summed E-state index contributed by atoms with van der Waals surface area (Å²) in [6.07, 6.45) is 1.41. The number of carbonyl (C=O) groups is 1. The number of benzene rings is 2. The van der Waals surface area contributed by atoms with E-state index < -0.39 is 5.82 Å². The summed E-state index contributed by atoms with van der Waals surface area (Å²) in [6, 6.07) is 7.75. The average Bonchev–Trinajstić information content (AvgIpc) is 2.80. The first-order valence-electron chi connectivity index (χ1n) is 10.1. The van der Waals surface area contributed by atoms with Crippen LogP contribution in [0.15, 0.2) is 36.7 Å². The summed E-state index contributed by atoms with van der Waals surface area (Å²) in [6.45, 7) is 2.93. The Morgan fingerprint density at radius 3 is 2.66 bits per heavy atom. The van der Waals surface area contributed by atoms with Gasteiger partial charge in [0.05, 0.1) is 17.6 Å². The van der Waals surface area contributed by atoms with Crippen molar-refractivity contribution in [2.24, 2.45) is 0 Å². The first-order chi connectivity index (χ1) is 15.4. The number of nitrogens with one attached hydrogen (secondary N) is 1. The van der Waals surface area contributed by atoms with Crippen LogP contribution in [0.1, 0.15) is 0 Å². The molecule has 10 heteroatoms. The molecular formula is C22H23ClFN5O3. The van der Waals surface area contributed by atoms with Gasteiger partial charge >= 0.3 is 0 Å². The molecule has 0 saturated carbocycles. The van der Waals surface area contributed by atoms with Crippen LogP contribution in [0.4, 0.5) is 15.9 Å². The molecule has 1 fully saturated rings. The zero-order valence-electron chi connectivity index (χ0n) is 17.8. The Bertz CT molecular complexity index is 1140. The average molecular weight is 460 g/mol. The van der Waals surface area contributed by atoms with Gasteiger partial charge in [-0.2, -0.15) is 0 Å². The number of anilines is 2. The molecule has 0 atom stereocenters. The third-order valence-electron chi connectivity index (χ3n) is 5.31. The van der Waals surface area contributed by atoms with Gasteiger partial charge in [-0.3, -0.25) is 4.79 Å². The lowest BCUT2D eigenvalue weighted by atomic mass is 10.2. The van der Waals surface area contributed by atoms with Crippen LogP contribution in [0.5, 0.6) is 11.5 Å². The van der Waals surface area contributed by atoms with Crippen molar-refractivity contribution in [2.45, 2.75) is 0 Å². The summed E-state index contributed by atoms with van der Waals surface area (Å²) >= 11 is 5.88. The van der Waals surface area contributed by atoms with Crippen LogP contribution in [0, 0.1) is 5.82 Å². The quantitative estimate of drug-likeness (QED) is 0.605.